The first kappa shape index (κ1) is 14.9. The van der Waals surface area contributed by atoms with Crippen molar-refractivity contribution in [3.63, 3.8) is 0 Å². The number of thioether (sulfide) groups is 1. The Morgan fingerprint density at radius 1 is 1.21 bits per heavy atom. The smallest absolute Gasteiger partial charge is 0.207 e. The summed E-state index contributed by atoms with van der Waals surface area (Å²) in [7, 11) is -3.40. The van der Waals surface area contributed by atoms with Crippen molar-refractivity contribution in [2.24, 2.45) is 0 Å². The molecule has 0 radical (unpaired) electrons. The van der Waals surface area contributed by atoms with Crippen molar-refractivity contribution in [1.82, 2.24) is 4.72 Å². The highest BCUT2D eigenvalue weighted by molar-refractivity contribution is 7.99. The predicted molar refractivity (Wildman–Crippen MR) is 81.1 cm³/mol. The highest BCUT2D eigenvalue weighted by Crippen LogP contribution is 2.28. The molecule has 1 aliphatic rings. The third-order valence-electron chi connectivity index (χ3n) is 3.69. The summed E-state index contributed by atoms with van der Waals surface area (Å²) in [6.45, 7) is 1.83. The predicted octanol–water partition coefficient (Wildman–Crippen LogP) is 2.95. The molecule has 2 rings (SSSR count). The molecule has 3 nitrogen and oxygen atoms in total. The van der Waals surface area contributed by atoms with Crippen LogP contribution in [0.25, 0.3) is 0 Å². The van der Waals surface area contributed by atoms with Crippen molar-refractivity contribution < 1.29 is 8.42 Å². The van der Waals surface area contributed by atoms with Crippen molar-refractivity contribution in [2.45, 2.75) is 48.8 Å². The number of aryl methyl sites for hydroxylation is 1. The monoisotopic (exact) mass is 299 g/mol. The molecular formula is C14H21NO2S2. The van der Waals surface area contributed by atoms with Gasteiger partial charge in [-0.1, -0.05) is 31.0 Å². The van der Waals surface area contributed by atoms with E-state index in [4.69, 9.17) is 0 Å². The molecule has 1 N–H and O–H groups in total. The second kappa shape index (κ2) is 6.29. The second-order valence-corrected chi connectivity index (χ2v) is 7.81. The zero-order valence-corrected chi connectivity index (χ0v) is 13.1. The van der Waals surface area contributed by atoms with Gasteiger partial charge < -0.3 is 0 Å². The molecule has 0 heterocycles. The number of sulfonamides is 1. The minimum atomic E-state index is -3.40. The van der Waals surface area contributed by atoms with Crippen LogP contribution in [0.2, 0.25) is 0 Å². The maximum Gasteiger partial charge on any atom is 0.241 e. The first-order chi connectivity index (χ1) is 9.04. The van der Waals surface area contributed by atoms with E-state index in [1.807, 2.05) is 19.1 Å². The highest BCUT2D eigenvalue weighted by atomic mass is 32.2. The van der Waals surface area contributed by atoms with Gasteiger partial charge in [-0.3, -0.25) is 0 Å². The summed E-state index contributed by atoms with van der Waals surface area (Å²) in [6.07, 6.45) is 6.41. The zero-order valence-electron chi connectivity index (χ0n) is 11.4. The van der Waals surface area contributed by atoms with Crippen LogP contribution in [-0.4, -0.2) is 26.0 Å². The summed E-state index contributed by atoms with van der Waals surface area (Å²) in [5.41, 5.74) is 0.798. The summed E-state index contributed by atoms with van der Waals surface area (Å²) in [5.74, 6) is 0. The molecular weight excluding hydrogens is 278 g/mol. The molecule has 1 saturated carbocycles. The van der Waals surface area contributed by atoms with E-state index >= 15 is 0 Å². The minimum absolute atomic E-state index is 0.0633. The Morgan fingerprint density at radius 3 is 2.58 bits per heavy atom. The van der Waals surface area contributed by atoms with Crippen molar-refractivity contribution in [2.75, 3.05) is 6.26 Å². The molecule has 1 aromatic carbocycles. The lowest BCUT2D eigenvalue weighted by molar-refractivity contribution is 0.423. The van der Waals surface area contributed by atoms with E-state index in [-0.39, 0.29) is 6.04 Å². The van der Waals surface area contributed by atoms with E-state index < -0.39 is 10.0 Å². The molecule has 5 heteroatoms. The molecule has 1 fully saturated rings. The van der Waals surface area contributed by atoms with E-state index in [1.54, 1.807) is 23.9 Å². The van der Waals surface area contributed by atoms with E-state index in [2.05, 4.69) is 11.0 Å². The molecule has 0 saturated heterocycles. The Labute approximate surface area is 120 Å². The lowest BCUT2D eigenvalue weighted by Crippen LogP contribution is -2.43. The molecule has 0 aromatic heterocycles. The van der Waals surface area contributed by atoms with Gasteiger partial charge in [0.05, 0.1) is 4.90 Å². The van der Waals surface area contributed by atoms with Gasteiger partial charge in [-0.2, -0.15) is 11.8 Å². The van der Waals surface area contributed by atoms with Gasteiger partial charge in [0, 0.05) is 11.3 Å². The number of hydrogen-bond donors (Lipinski definition) is 1. The molecule has 1 aliphatic carbocycles. The number of nitrogens with one attached hydrogen (secondary N) is 1. The molecule has 0 amide bonds. The largest absolute Gasteiger partial charge is 0.241 e. The standard InChI is InChI=1S/C14H21NO2S2/c1-11-7-3-6-10-14(11)19(16,17)15-12-8-4-5-9-13(12)18-2/h3,6-7,10,12-13,15H,4-5,8-9H2,1-2H3. The van der Waals surface area contributed by atoms with Crippen molar-refractivity contribution in [1.29, 1.82) is 0 Å². The van der Waals surface area contributed by atoms with E-state index in [0.29, 0.717) is 10.1 Å². The Morgan fingerprint density at radius 2 is 1.89 bits per heavy atom. The highest BCUT2D eigenvalue weighted by Gasteiger charge is 2.29. The van der Waals surface area contributed by atoms with Gasteiger partial charge in [-0.05, 0) is 37.7 Å². The van der Waals surface area contributed by atoms with Crippen LogP contribution in [0.3, 0.4) is 0 Å². The Hall–Kier alpha value is -0.520. The summed E-state index contributed by atoms with van der Waals surface area (Å²) < 4.78 is 27.8. The van der Waals surface area contributed by atoms with Gasteiger partial charge >= 0.3 is 0 Å². The van der Waals surface area contributed by atoms with Crippen LogP contribution >= 0.6 is 11.8 Å². The minimum Gasteiger partial charge on any atom is -0.207 e. The Balaban J connectivity index is 2.19. The first-order valence-electron chi connectivity index (χ1n) is 6.65. The molecule has 1 aromatic rings. The number of hydrogen-bond acceptors (Lipinski definition) is 3. The van der Waals surface area contributed by atoms with Crippen LogP contribution in [-0.2, 0) is 10.0 Å². The third kappa shape index (κ3) is 3.52. The quantitative estimate of drug-likeness (QED) is 0.930. The molecule has 0 spiro atoms. The van der Waals surface area contributed by atoms with Crippen molar-refractivity contribution >= 4 is 21.8 Å². The topological polar surface area (TPSA) is 46.2 Å². The zero-order chi connectivity index (χ0) is 13.9. The summed E-state index contributed by atoms with van der Waals surface area (Å²) in [6, 6.07) is 7.21. The molecule has 19 heavy (non-hydrogen) atoms. The average Bonchev–Trinajstić information content (AvgIpc) is 2.39. The Bertz CT molecular complexity index is 528. The van der Waals surface area contributed by atoms with E-state index in [1.165, 1.54) is 6.42 Å². The fourth-order valence-corrected chi connectivity index (χ4v) is 5.21. The van der Waals surface area contributed by atoms with Crippen LogP contribution in [0, 0.1) is 6.92 Å². The van der Waals surface area contributed by atoms with Gasteiger partial charge in [0.1, 0.15) is 0 Å². The Kier molecular flexibility index (Phi) is 4.92. The van der Waals surface area contributed by atoms with Crippen LogP contribution < -0.4 is 4.72 Å². The number of benzene rings is 1. The maximum absolute atomic E-state index is 12.5. The fourth-order valence-electron chi connectivity index (χ4n) is 2.63. The lowest BCUT2D eigenvalue weighted by atomic mass is 9.96. The van der Waals surface area contributed by atoms with Gasteiger partial charge in [0.2, 0.25) is 10.0 Å². The lowest BCUT2D eigenvalue weighted by Gasteiger charge is -2.30. The van der Waals surface area contributed by atoms with Crippen LogP contribution in [0.4, 0.5) is 0 Å². The maximum atomic E-state index is 12.5. The van der Waals surface area contributed by atoms with Crippen LogP contribution in [0.15, 0.2) is 29.2 Å². The normalized spacial score (nSPS) is 24.3. The molecule has 2 unspecified atom stereocenters. The van der Waals surface area contributed by atoms with Gasteiger partial charge in [-0.25, -0.2) is 13.1 Å². The first-order valence-corrected chi connectivity index (χ1v) is 9.42. The molecule has 2 atom stereocenters. The number of rotatable bonds is 4. The van der Waals surface area contributed by atoms with Crippen molar-refractivity contribution in [3.8, 4) is 0 Å². The van der Waals surface area contributed by atoms with Gasteiger partial charge in [-0.15, -0.1) is 0 Å². The van der Waals surface area contributed by atoms with Crippen LogP contribution in [0.1, 0.15) is 31.2 Å². The average molecular weight is 299 g/mol. The van der Waals surface area contributed by atoms with Gasteiger partial charge in [0.15, 0.2) is 0 Å². The van der Waals surface area contributed by atoms with Crippen molar-refractivity contribution in [3.05, 3.63) is 29.8 Å². The van der Waals surface area contributed by atoms with E-state index in [0.717, 1.165) is 24.8 Å². The summed E-state index contributed by atoms with van der Waals surface area (Å²) in [5, 5.41) is 0.396. The molecule has 0 bridgehead atoms. The summed E-state index contributed by atoms with van der Waals surface area (Å²) in [4.78, 5) is 0.403. The van der Waals surface area contributed by atoms with Crippen LogP contribution in [0.5, 0.6) is 0 Å². The van der Waals surface area contributed by atoms with E-state index in [9.17, 15) is 8.42 Å². The fraction of sp³-hybridized carbons (Fsp3) is 0.571. The summed E-state index contributed by atoms with van der Waals surface area (Å²) >= 11 is 1.77. The molecule has 106 valence electrons. The van der Waals surface area contributed by atoms with Gasteiger partial charge in [0.25, 0.3) is 0 Å². The second-order valence-electron chi connectivity index (χ2n) is 5.05. The molecule has 0 aliphatic heterocycles. The third-order valence-corrected chi connectivity index (χ3v) is 6.51. The SMILES string of the molecule is CSC1CCCCC1NS(=O)(=O)c1ccccc1C.